The third-order valence-corrected chi connectivity index (χ3v) is 0.744. The van der Waals surface area contributed by atoms with Crippen LogP contribution in [0.25, 0.3) is 0 Å². The van der Waals surface area contributed by atoms with Gasteiger partial charge in [0.2, 0.25) is 12.4 Å². The molecule has 0 atom stereocenters. The molecule has 1 aliphatic rings. The van der Waals surface area contributed by atoms with E-state index >= 15 is 0 Å². The maximum atomic E-state index is 10.3. The van der Waals surface area contributed by atoms with Crippen molar-refractivity contribution in [1.82, 2.24) is 4.99 Å². The summed E-state index contributed by atoms with van der Waals surface area (Å²) in [5.41, 5.74) is 0. The second-order valence-corrected chi connectivity index (χ2v) is 1.32. The van der Waals surface area contributed by atoms with E-state index in [1.165, 1.54) is 12.3 Å². The van der Waals surface area contributed by atoms with Gasteiger partial charge in [0, 0.05) is 4.99 Å². The van der Waals surface area contributed by atoms with E-state index in [1.807, 2.05) is 0 Å². The number of nitrogens with zero attached hydrogens (tertiary/aromatic N) is 1. The molecule has 1 heterocycles. The highest BCUT2D eigenvalue weighted by molar-refractivity contribution is 6.00. The quantitative estimate of drug-likeness (QED) is 0.412. The van der Waals surface area contributed by atoms with Crippen LogP contribution >= 0.6 is 0 Å². The standard InChI is InChI=1S/C5H5NO/c7-5-1-3-6-4-2-5/h1,3-4H,2H2/q+1. The van der Waals surface area contributed by atoms with Crippen molar-refractivity contribution in [1.29, 1.82) is 0 Å². The normalized spacial score (nSPS) is 18.0. The molecular formula is C5H5NO+. The van der Waals surface area contributed by atoms with Gasteiger partial charge in [-0.15, -0.1) is 0 Å². The van der Waals surface area contributed by atoms with Crippen LogP contribution in [0.4, 0.5) is 0 Å². The molecule has 35 valence electrons. The fourth-order valence-corrected chi connectivity index (χ4v) is 0.398. The molecule has 0 aliphatic carbocycles. The van der Waals surface area contributed by atoms with Gasteiger partial charge in [0.1, 0.15) is 0 Å². The Morgan fingerprint density at radius 2 is 2.57 bits per heavy atom. The van der Waals surface area contributed by atoms with Crippen LogP contribution < -0.4 is 4.99 Å². The van der Waals surface area contributed by atoms with Crippen molar-refractivity contribution < 1.29 is 4.79 Å². The van der Waals surface area contributed by atoms with E-state index in [-0.39, 0.29) is 5.78 Å². The Morgan fingerprint density at radius 1 is 1.71 bits per heavy atom. The zero-order valence-electron chi connectivity index (χ0n) is 3.79. The summed E-state index contributed by atoms with van der Waals surface area (Å²) in [6.07, 6.45) is 5.05. The van der Waals surface area contributed by atoms with Gasteiger partial charge >= 0.3 is 0 Å². The summed E-state index contributed by atoms with van der Waals surface area (Å²) in [6, 6.07) is 0. The number of allylic oxidation sites excluding steroid dienone is 1. The van der Waals surface area contributed by atoms with Crippen molar-refractivity contribution in [3.63, 3.8) is 0 Å². The van der Waals surface area contributed by atoms with Crippen LogP contribution in [0.2, 0.25) is 0 Å². The molecule has 1 rings (SSSR count). The van der Waals surface area contributed by atoms with Gasteiger partial charge in [-0.2, -0.15) is 0 Å². The zero-order valence-corrected chi connectivity index (χ0v) is 3.79. The minimum atomic E-state index is 0.134. The van der Waals surface area contributed by atoms with E-state index in [4.69, 9.17) is 0 Å². The SMILES string of the molecule is O=C1C=C[N+]=CC1. The Balaban J connectivity index is 2.66. The summed E-state index contributed by atoms with van der Waals surface area (Å²) in [6.45, 7) is 0. The summed E-state index contributed by atoms with van der Waals surface area (Å²) >= 11 is 0. The highest BCUT2D eigenvalue weighted by Gasteiger charge is 2.02. The van der Waals surface area contributed by atoms with Gasteiger partial charge in [-0.3, -0.25) is 4.79 Å². The number of hydrogen-bond acceptors (Lipinski definition) is 2. The molecule has 0 amide bonds. The summed E-state index contributed by atoms with van der Waals surface area (Å²) in [5.74, 6) is 0.134. The summed E-state index contributed by atoms with van der Waals surface area (Å²) < 4.78 is 0. The van der Waals surface area contributed by atoms with Gasteiger partial charge in [0.15, 0.2) is 5.78 Å². The lowest BCUT2D eigenvalue weighted by molar-refractivity contribution is -0.113. The van der Waals surface area contributed by atoms with Crippen molar-refractivity contribution >= 4 is 12.0 Å². The number of ketones is 1. The fraction of sp³-hybridized carbons (Fsp3) is 0.200. The zero-order chi connectivity index (χ0) is 5.11. The Hall–Kier alpha value is -0.920. The first-order valence-corrected chi connectivity index (χ1v) is 2.10. The van der Waals surface area contributed by atoms with Crippen LogP contribution in [0.5, 0.6) is 0 Å². The third-order valence-electron chi connectivity index (χ3n) is 0.744. The molecule has 1 aliphatic heterocycles. The van der Waals surface area contributed by atoms with Gasteiger partial charge in [0.25, 0.3) is 0 Å². The summed E-state index contributed by atoms with van der Waals surface area (Å²) in [7, 11) is 0. The molecule has 0 saturated carbocycles. The van der Waals surface area contributed by atoms with Crippen LogP contribution in [0.3, 0.4) is 0 Å². The molecule has 0 aromatic rings. The highest BCUT2D eigenvalue weighted by Crippen LogP contribution is 1.82. The smallest absolute Gasteiger partial charge is 0.245 e. The number of carbonyl (C=O) groups is 1. The van der Waals surface area contributed by atoms with Crippen molar-refractivity contribution in [3.8, 4) is 0 Å². The molecule has 0 aromatic carbocycles. The van der Waals surface area contributed by atoms with Gasteiger partial charge in [-0.05, 0) is 0 Å². The van der Waals surface area contributed by atoms with Crippen molar-refractivity contribution in [2.24, 2.45) is 0 Å². The van der Waals surface area contributed by atoms with E-state index in [0.29, 0.717) is 6.42 Å². The molecule has 0 spiro atoms. The molecule has 0 aromatic heterocycles. The molecule has 2 heteroatoms. The van der Waals surface area contributed by atoms with Crippen LogP contribution in [-0.4, -0.2) is 12.0 Å². The topological polar surface area (TPSA) is 31.2 Å². The first kappa shape index (κ1) is 4.24. The van der Waals surface area contributed by atoms with Gasteiger partial charge in [0.05, 0.1) is 12.5 Å². The Bertz CT molecular complexity index is 135. The number of hydrogen-bond donors (Lipinski definition) is 0. The lowest BCUT2D eigenvalue weighted by Crippen LogP contribution is -2.00. The van der Waals surface area contributed by atoms with E-state index in [9.17, 15) is 4.79 Å². The minimum Gasteiger partial charge on any atom is -0.294 e. The van der Waals surface area contributed by atoms with Crippen LogP contribution in [0.15, 0.2) is 12.3 Å². The average molecular weight is 95.1 g/mol. The molecule has 0 N–H and O–H groups in total. The molecule has 0 saturated heterocycles. The van der Waals surface area contributed by atoms with Crippen LogP contribution in [-0.2, 0) is 4.79 Å². The number of rotatable bonds is 0. The fourth-order valence-electron chi connectivity index (χ4n) is 0.398. The van der Waals surface area contributed by atoms with Gasteiger partial charge in [-0.1, -0.05) is 0 Å². The Kier molecular flexibility index (Phi) is 1.02. The van der Waals surface area contributed by atoms with Crippen LogP contribution in [0.1, 0.15) is 6.42 Å². The summed E-state index contributed by atoms with van der Waals surface area (Å²) in [4.78, 5) is 14.0. The van der Waals surface area contributed by atoms with Crippen molar-refractivity contribution in [2.75, 3.05) is 0 Å². The second kappa shape index (κ2) is 1.69. The van der Waals surface area contributed by atoms with Crippen molar-refractivity contribution in [3.05, 3.63) is 12.3 Å². The van der Waals surface area contributed by atoms with Crippen LogP contribution in [0, 0.1) is 0 Å². The van der Waals surface area contributed by atoms with E-state index < -0.39 is 0 Å². The molecular weight excluding hydrogens is 90.1 g/mol. The molecule has 1 radical (unpaired) electrons. The largest absolute Gasteiger partial charge is 0.294 e. The monoisotopic (exact) mass is 95.0 g/mol. The third kappa shape index (κ3) is 0.961. The maximum absolute atomic E-state index is 10.3. The van der Waals surface area contributed by atoms with E-state index in [1.54, 1.807) is 6.21 Å². The van der Waals surface area contributed by atoms with E-state index in [0.717, 1.165) is 0 Å². The maximum Gasteiger partial charge on any atom is 0.245 e. The van der Waals surface area contributed by atoms with E-state index in [2.05, 4.69) is 4.99 Å². The lowest BCUT2D eigenvalue weighted by atomic mass is 10.3. The Labute approximate surface area is 41.6 Å². The summed E-state index contributed by atoms with van der Waals surface area (Å²) in [5, 5.41) is 0. The second-order valence-electron chi connectivity index (χ2n) is 1.32. The first-order valence-electron chi connectivity index (χ1n) is 2.10. The predicted octanol–water partition coefficient (Wildman–Crippen LogP) is -0.121. The lowest BCUT2D eigenvalue weighted by Gasteiger charge is -1.78. The number of carbonyl (C=O) groups excluding carboxylic acids is 1. The Morgan fingerprint density at radius 3 is 2.86 bits per heavy atom. The molecule has 0 fully saturated rings. The van der Waals surface area contributed by atoms with Gasteiger partial charge < -0.3 is 0 Å². The number of aliphatic imine (C=N–C) groups is 1. The van der Waals surface area contributed by atoms with Crippen molar-refractivity contribution in [2.45, 2.75) is 6.42 Å². The highest BCUT2D eigenvalue weighted by atomic mass is 16.1. The minimum absolute atomic E-state index is 0.134. The molecule has 0 bridgehead atoms. The molecule has 7 heavy (non-hydrogen) atoms. The molecule has 0 unspecified atom stereocenters. The van der Waals surface area contributed by atoms with Gasteiger partial charge in [-0.25, -0.2) is 0 Å². The predicted molar refractivity (Wildman–Crippen MR) is 27.0 cm³/mol. The first-order chi connectivity index (χ1) is 3.39. The molecule has 2 nitrogen and oxygen atoms in total. The average Bonchev–Trinajstić information content (AvgIpc) is 1.69.